The molecule has 1 aliphatic heterocycles. The highest BCUT2D eigenvalue weighted by atomic mass is 32.2. The minimum Gasteiger partial charge on any atom is -0.465 e. The molecule has 1 atom stereocenters. The van der Waals surface area contributed by atoms with E-state index >= 15 is 0 Å². The lowest BCUT2D eigenvalue weighted by Gasteiger charge is -2.36. The van der Waals surface area contributed by atoms with Crippen molar-refractivity contribution in [3.63, 3.8) is 0 Å². The first-order valence-corrected chi connectivity index (χ1v) is 11.6. The minimum atomic E-state index is -3.48. The number of nitrogens with zero attached hydrogens (tertiary/aromatic N) is 2. The van der Waals surface area contributed by atoms with E-state index < -0.39 is 22.0 Å². The van der Waals surface area contributed by atoms with Gasteiger partial charge in [-0.2, -0.15) is 4.31 Å². The first-order valence-electron chi connectivity index (χ1n) is 9.27. The average molecular weight is 440 g/mol. The first kappa shape index (κ1) is 21.7. The van der Waals surface area contributed by atoms with E-state index in [9.17, 15) is 18.0 Å². The van der Waals surface area contributed by atoms with Gasteiger partial charge in [0.25, 0.3) is 10.0 Å². The van der Waals surface area contributed by atoms with E-state index in [2.05, 4.69) is 4.98 Å². The van der Waals surface area contributed by atoms with Gasteiger partial charge >= 0.3 is 5.97 Å². The summed E-state index contributed by atoms with van der Waals surface area (Å²) in [6, 6.07) is 2.88. The predicted octanol–water partition coefficient (Wildman–Crippen LogP) is 2.06. The number of nitrogens with one attached hydrogen (secondary N) is 1. The average Bonchev–Trinajstić information content (AvgIpc) is 3.35. The number of aromatic amines is 1. The van der Waals surface area contributed by atoms with Crippen molar-refractivity contribution in [3.05, 3.63) is 40.0 Å². The van der Waals surface area contributed by atoms with Crippen LogP contribution in [0, 0.1) is 13.8 Å². The number of piperazine rings is 1. The number of carbonyl (C=O) groups is 2. The molecule has 0 saturated carbocycles. The molecule has 3 heterocycles. The van der Waals surface area contributed by atoms with Crippen LogP contribution in [0.25, 0.3) is 0 Å². The maximum absolute atomic E-state index is 13.1. The molecule has 0 unspecified atom stereocenters. The summed E-state index contributed by atoms with van der Waals surface area (Å²) in [6.07, 6.45) is 0. The largest absolute Gasteiger partial charge is 0.465 e. The van der Waals surface area contributed by atoms with Crippen LogP contribution in [0.15, 0.2) is 21.7 Å². The zero-order valence-electron chi connectivity index (χ0n) is 16.9. The monoisotopic (exact) mass is 439 g/mol. The van der Waals surface area contributed by atoms with Crippen LogP contribution in [0.5, 0.6) is 0 Å². The van der Waals surface area contributed by atoms with E-state index in [1.165, 1.54) is 22.8 Å². The van der Waals surface area contributed by atoms with Crippen molar-refractivity contribution in [1.29, 1.82) is 0 Å². The molecular formula is C19H25N3O5S2. The predicted molar refractivity (Wildman–Crippen MR) is 110 cm³/mol. The Balaban J connectivity index is 1.71. The van der Waals surface area contributed by atoms with E-state index in [0.717, 1.165) is 0 Å². The van der Waals surface area contributed by atoms with Crippen molar-refractivity contribution in [1.82, 2.24) is 14.2 Å². The molecule has 158 valence electrons. The Morgan fingerprint density at radius 2 is 1.86 bits per heavy atom. The summed E-state index contributed by atoms with van der Waals surface area (Å²) in [4.78, 5) is 30.0. The number of aromatic nitrogens is 1. The van der Waals surface area contributed by atoms with Crippen molar-refractivity contribution < 1.29 is 22.7 Å². The van der Waals surface area contributed by atoms with Gasteiger partial charge in [-0.15, -0.1) is 11.3 Å². The molecule has 0 bridgehead atoms. The standard InChI is InChI=1S/C19H25N3O5S2/c1-12-16(19(24)27-4)13(2)20-17(12)18(23)14(3)21-7-9-22(10-8-21)29(25,26)15-6-5-11-28-15/h5-6,11,14,20H,7-10H2,1-4H3/t14-/m0/s1. The van der Waals surface area contributed by atoms with Gasteiger partial charge in [0.05, 0.1) is 24.4 Å². The van der Waals surface area contributed by atoms with Gasteiger partial charge < -0.3 is 9.72 Å². The van der Waals surface area contributed by atoms with Crippen LogP contribution in [0.4, 0.5) is 0 Å². The van der Waals surface area contributed by atoms with Gasteiger partial charge in [0.1, 0.15) is 4.21 Å². The van der Waals surface area contributed by atoms with Crippen molar-refractivity contribution in [3.8, 4) is 0 Å². The van der Waals surface area contributed by atoms with Crippen LogP contribution in [0.1, 0.15) is 39.0 Å². The molecule has 1 aliphatic rings. The fourth-order valence-electron chi connectivity index (χ4n) is 3.65. The van der Waals surface area contributed by atoms with Crippen molar-refractivity contribution in [2.75, 3.05) is 33.3 Å². The lowest BCUT2D eigenvalue weighted by Crippen LogP contribution is -2.53. The van der Waals surface area contributed by atoms with E-state index in [0.29, 0.717) is 52.9 Å². The van der Waals surface area contributed by atoms with Gasteiger partial charge in [-0.3, -0.25) is 9.69 Å². The third-order valence-electron chi connectivity index (χ3n) is 5.36. The molecule has 29 heavy (non-hydrogen) atoms. The van der Waals surface area contributed by atoms with Crippen LogP contribution in [0.3, 0.4) is 0 Å². The van der Waals surface area contributed by atoms with E-state index in [-0.39, 0.29) is 5.78 Å². The van der Waals surface area contributed by atoms with E-state index in [1.807, 2.05) is 4.90 Å². The van der Waals surface area contributed by atoms with Crippen molar-refractivity contribution >= 4 is 33.1 Å². The smallest absolute Gasteiger partial charge is 0.339 e. The van der Waals surface area contributed by atoms with Crippen LogP contribution in [0.2, 0.25) is 0 Å². The highest BCUT2D eigenvalue weighted by Crippen LogP contribution is 2.24. The number of sulfonamides is 1. The summed E-state index contributed by atoms with van der Waals surface area (Å²) in [5, 5.41) is 1.74. The molecule has 1 saturated heterocycles. The quantitative estimate of drug-likeness (QED) is 0.546. The van der Waals surface area contributed by atoms with Crippen molar-refractivity contribution in [2.24, 2.45) is 0 Å². The molecule has 0 radical (unpaired) electrons. The minimum absolute atomic E-state index is 0.129. The summed E-state index contributed by atoms with van der Waals surface area (Å²) in [5.74, 6) is -0.606. The molecule has 0 spiro atoms. The van der Waals surface area contributed by atoms with Crippen LogP contribution >= 0.6 is 11.3 Å². The number of methoxy groups -OCH3 is 1. The summed E-state index contributed by atoms with van der Waals surface area (Å²) in [7, 11) is -2.17. The molecule has 0 aliphatic carbocycles. The number of thiophene rings is 1. The van der Waals surface area contributed by atoms with Gasteiger partial charge in [0, 0.05) is 31.9 Å². The highest BCUT2D eigenvalue weighted by molar-refractivity contribution is 7.91. The number of ether oxygens (including phenoxy) is 1. The number of esters is 1. The lowest BCUT2D eigenvalue weighted by atomic mass is 10.0. The topological polar surface area (TPSA) is 99.8 Å². The maximum atomic E-state index is 13.1. The second-order valence-electron chi connectivity index (χ2n) is 7.03. The fourth-order valence-corrected chi connectivity index (χ4v) is 6.21. The fraction of sp³-hybridized carbons (Fsp3) is 0.474. The molecule has 8 nitrogen and oxygen atoms in total. The highest BCUT2D eigenvalue weighted by Gasteiger charge is 2.34. The molecule has 2 aromatic rings. The number of hydrogen-bond donors (Lipinski definition) is 1. The summed E-state index contributed by atoms with van der Waals surface area (Å²) < 4.78 is 31.9. The Hall–Kier alpha value is -2.01. The summed E-state index contributed by atoms with van der Waals surface area (Å²) >= 11 is 1.20. The Labute approximate surface area is 174 Å². The Kier molecular flexibility index (Phi) is 6.27. The number of rotatable bonds is 6. The van der Waals surface area contributed by atoms with Crippen LogP contribution < -0.4 is 0 Å². The molecule has 1 fully saturated rings. The van der Waals surface area contributed by atoms with Crippen LogP contribution in [-0.2, 0) is 14.8 Å². The second kappa shape index (κ2) is 8.39. The van der Waals surface area contributed by atoms with Crippen molar-refractivity contribution in [2.45, 2.75) is 31.0 Å². The Morgan fingerprint density at radius 3 is 2.41 bits per heavy atom. The number of hydrogen-bond acceptors (Lipinski definition) is 7. The molecule has 3 rings (SSSR count). The SMILES string of the molecule is COC(=O)c1c(C)[nH]c(C(=O)[C@H](C)N2CCN(S(=O)(=O)c3cccs3)CC2)c1C. The second-order valence-corrected chi connectivity index (χ2v) is 10.1. The molecular weight excluding hydrogens is 414 g/mol. The third kappa shape index (κ3) is 4.02. The summed E-state index contributed by atoms with van der Waals surface area (Å²) in [5.41, 5.74) is 1.95. The number of H-pyrrole nitrogens is 1. The van der Waals surface area contributed by atoms with Crippen LogP contribution in [-0.4, -0.2) is 73.7 Å². The number of ketones is 1. The molecule has 0 amide bonds. The zero-order chi connectivity index (χ0) is 21.3. The van der Waals surface area contributed by atoms with E-state index in [4.69, 9.17) is 4.74 Å². The number of aryl methyl sites for hydroxylation is 1. The normalized spacial score (nSPS) is 17.2. The molecule has 0 aromatic carbocycles. The summed E-state index contributed by atoms with van der Waals surface area (Å²) in [6.45, 7) is 6.83. The first-order chi connectivity index (χ1) is 13.7. The molecule has 10 heteroatoms. The number of Topliss-reactive ketones (excluding diaryl/α,β-unsaturated/α-hetero) is 1. The molecule has 1 N–H and O–H groups in total. The van der Waals surface area contributed by atoms with Gasteiger partial charge in [0.15, 0.2) is 5.78 Å². The Bertz CT molecular complexity index is 1000. The number of carbonyl (C=O) groups excluding carboxylic acids is 2. The molecule has 2 aromatic heterocycles. The van der Waals surface area contributed by atoms with Gasteiger partial charge in [-0.1, -0.05) is 6.07 Å². The lowest BCUT2D eigenvalue weighted by molar-refractivity contribution is 0.0599. The Morgan fingerprint density at radius 1 is 1.21 bits per heavy atom. The zero-order valence-corrected chi connectivity index (χ0v) is 18.5. The third-order valence-corrected chi connectivity index (χ3v) is 8.63. The van der Waals surface area contributed by atoms with E-state index in [1.54, 1.807) is 38.3 Å². The van der Waals surface area contributed by atoms with Gasteiger partial charge in [0.2, 0.25) is 0 Å². The van der Waals surface area contributed by atoms with Gasteiger partial charge in [-0.05, 0) is 37.8 Å². The maximum Gasteiger partial charge on any atom is 0.339 e. The van der Waals surface area contributed by atoms with Gasteiger partial charge in [-0.25, -0.2) is 13.2 Å².